The highest BCUT2D eigenvalue weighted by atomic mass is 35.5. The van der Waals surface area contributed by atoms with Crippen LogP contribution in [0, 0.1) is 0 Å². The number of hydrogen-bond acceptors (Lipinski definition) is 0. The third-order valence-electron chi connectivity index (χ3n) is 2.00. The molecule has 0 aliphatic heterocycles. The van der Waals surface area contributed by atoms with Gasteiger partial charge in [0.1, 0.15) is 7.05 Å². The molecule has 0 unspecified atom stereocenters. The smallest absolute Gasteiger partial charge is 0.211 e. The van der Waals surface area contributed by atoms with E-state index in [9.17, 15) is 0 Å². The molecule has 2 rings (SSSR count). The topological polar surface area (TPSA) is 18.0 Å². The first kappa shape index (κ1) is 13.9. The molecule has 0 aromatic carbocycles. The Kier molecular flexibility index (Phi) is 5.90. The van der Waals surface area contributed by atoms with Gasteiger partial charge in [-0.15, -0.1) is 0 Å². The summed E-state index contributed by atoms with van der Waals surface area (Å²) >= 11 is 0. The Bertz CT molecular complexity index is 387. The number of rotatable bonds is 1. The molecule has 2 nitrogen and oxygen atoms in total. The molecule has 1 N–H and O–H groups in total. The minimum Gasteiger partial charge on any atom is -1.00 e. The van der Waals surface area contributed by atoms with Gasteiger partial charge in [-0.1, -0.05) is 0 Å². The van der Waals surface area contributed by atoms with E-state index in [0.29, 0.717) is 0 Å². The molecule has 0 aliphatic rings. The van der Waals surface area contributed by atoms with E-state index in [4.69, 9.17) is 0 Å². The van der Waals surface area contributed by atoms with E-state index in [0.717, 1.165) is 5.69 Å². The van der Waals surface area contributed by atoms with Crippen LogP contribution >= 0.6 is 0 Å². The first-order chi connectivity index (χ1) is 6.36. The lowest BCUT2D eigenvalue weighted by Crippen LogP contribution is -3.00. The number of halogens is 2. The lowest BCUT2D eigenvalue weighted by molar-refractivity contribution is -0.671. The zero-order valence-electron chi connectivity index (χ0n) is 8.32. The molecule has 2 heterocycles. The number of nitrogens with one attached hydrogen (secondary N) is 1. The SMILES string of the molecule is C[n+]1ccc(-c2cccc[nH+]2)cc1.[Cl-].[Cl-]. The Morgan fingerprint density at radius 2 is 1.67 bits per heavy atom. The highest BCUT2D eigenvalue weighted by molar-refractivity contribution is 5.53. The molecule has 80 valence electrons. The third kappa shape index (κ3) is 3.50. The molecule has 0 radical (unpaired) electrons. The third-order valence-corrected chi connectivity index (χ3v) is 2.00. The van der Waals surface area contributed by atoms with Gasteiger partial charge in [-0.2, -0.15) is 0 Å². The van der Waals surface area contributed by atoms with E-state index in [1.54, 1.807) is 0 Å². The second-order valence-corrected chi connectivity index (χ2v) is 3.03. The predicted molar refractivity (Wildman–Crippen MR) is 49.6 cm³/mol. The predicted octanol–water partition coefficient (Wildman–Crippen LogP) is -5.00. The maximum atomic E-state index is 3.19. The quantitative estimate of drug-likeness (QED) is 0.447. The van der Waals surface area contributed by atoms with Crippen LogP contribution in [0.25, 0.3) is 11.3 Å². The zero-order chi connectivity index (χ0) is 9.10. The summed E-state index contributed by atoms with van der Waals surface area (Å²) in [5.41, 5.74) is 2.35. The fourth-order valence-corrected chi connectivity index (χ4v) is 1.25. The van der Waals surface area contributed by atoms with Gasteiger partial charge in [0, 0.05) is 24.3 Å². The molecule has 4 heteroatoms. The molecule has 0 atom stereocenters. The van der Waals surface area contributed by atoms with Gasteiger partial charge < -0.3 is 24.8 Å². The van der Waals surface area contributed by atoms with Crippen molar-refractivity contribution in [2.24, 2.45) is 7.05 Å². The number of H-pyrrole nitrogens is 1. The van der Waals surface area contributed by atoms with Gasteiger partial charge in [-0.3, -0.25) is 0 Å². The van der Waals surface area contributed by atoms with Gasteiger partial charge in [0.05, 0.1) is 5.56 Å². The zero-order valence-corrected chi connectivity index (χ0v) is 9.83. The van der Waals surface area contributed by atoms with Crippen LogP contribution in [0.1, 0.15) is 0 Å². The molecule has 0 saturated carbocycles. The summed E-state index contributed by atoms with van der Waals surface area (Å²) in [7, 11) is 2.01. The number of pyridine rings is 2. The van der Waals surface area contributed by atoms with Crippen molar-refractivity contribution in [2.75, 3.05) is 0 Å². The van der Waals surface area contributed by atoms with Crippen molar-refractivity contribution >= 4 is 0 Å². The molecule has 2 aromatic rings. The first-order valence-corrected chi connectivity index (χ1v) is 4.28. The van der Waals surface area contributed by atoms with E-state index in [1.165, 1.54) is 5.56 Å². The fraction of sp³-hybridized carbons (Fsp3) is 0.0909. The minimum atomic E-state index is 0. The Morgan fingerprint density at radius 3 is 2.20 bits per heavy atom. The highest BCUT2D eigenvalue weighted by Gasteiger charge is 2.03. The summed E-state index contributed by atoms with van der Waals surface area (Å²) in [5, 5.41) is 0. The van der Waals surface area contributed by atoms with E-state index in [2.05, 4.69) is 23.2 Å². The lowest BCUT2D eigenvalue weighted by Gasteiger charge is -1.91. The van der Waals surface area contributed by atoms with E-state index in [-0.39, 0.29) is 24.8 Å². The second-order valence-electron chi connectivity index (χ2n) is 3.03. The highest BCUT2D eigenvalue weighted by Crippen LogP contribution is 2.10. The number of nitrogens with zero attached hydrogens (tertiary/aromatic N) is 1. The maximum absolute atomic E-state index is 3.19. The Hall–Kier alpha value is -1.12. The first-order valence-electron chi connectivity index (χ1n) is 4.28. The van der Waals surface area contributed by atoms with Gasteiger partial charge in [-0.25, -0.2) is 9.55 Å². The van der Waals surface area contributed by atoms with Crippen LogP contribution in [0.5, 0.6) is 0 Å². The molecule has 0 amide bonds. The summed E-state index contributed by atoms with van der Waals surface area (Å²) in [6.45, 7) is 0. The molecule has 15 heavy (non-hydrogen) atoms. The fourth-order valence-electron chi connectivity index (χ4n) is 1.25. The van der Waals surface area contributed by atoms with Gasteiger partial charge in [0.15, 0.2) is 18.6 Å². The number of aromatic nitrogens is 2. The average molecular weight is 243 g/mol. The Labute approximate surface area is 102 Å². The van der Waals surface area contributed by atoms with E-state index in [1.807, 2.05) is 42.3 Å². The van der Waals surface area contributed by atoms with Crippen molar-refractivity contribution in [3.63, 3.8) is 0 Å². The molecule has 0 saturated heterocycles. The van der Waals surface area contributed by atoms with Crippen LogP contribution in [0.2, 0.25) is 0 Å². The van der Waals surface area contributed by atoms with Crippen LogP contribution in [0.15, 0.2) is 48.9 Å². The van der Waals surface area contributed by atoms with E-state index < -0.39 is 0 Å². The summed E-state index contributed by atoms with van der Waals surface area (Å²) in [4.78, 5) is 3.19. The van der Waals surface area contributed by atoms with Gasteiger partial charge in [-0.05, 0) is 6.07 Å². The van der Waals surface area contributed by atoms with Crippen molar-refractivity contribution in [1.29, 1.82) is 0 Å². The Balaban J connectivity index is 0.000000980. The van der Waals surface area contributed by atoms with Crippen molar-refractivity contribution in [2.45, 2.75) is 0 Å². The molecule has 0 spiro atoms. The van der Waals surface area contributed by atoms with Gasteiger partial charge in [0.2, 0.25) is 5.69 Å². The van der Waals surface area contributed by atoms with Crippen molar-refractivity contribution in [1.82, 2.24) is 0 Å². The van der Waals surface area contributed by atoms with Crippen LogP contribution < -0.4 is 34.4 Å². The normalized spacial score (nSPS) is 8.60. The molecule has 0 fully saturated rings. The molecule has 2 aromatic heterocycles. The molecule has 0 bridgehead atoms. The molecular weight excluding hydrogens is 231 g/mol. The van der Waals surface area contributed by atoms with Crippen LogP contribution in [0.4, 0.5) is 0 Å². The maximum Gasteiger partial charge on any atom is 0.211 e. The number of aryl methyl sites for hydroxylation is 1. The number of hydrogen-bond donors (Lipinski definition) is 0. The van der Waals surface area contributed by atoms with E-state index >= 15 is 0 Å². The largest absolute Gasteiger partial charge is 1.00 e. The second kappa shape index (κ2) is 6.38. The van der Waals surface area contributed by atoms with Crippen LogP contribution in [-0.2, 0) is 7.05 Å². The van der Waals surface area contributed by atoms with Crippen LogP contribution in [0.3, 0.4) is 0 Å². The summed E-state index contributed by atoms with van der Waals surface area (Å²) in [6, 6.07) is 10.2. The minimum absolute atomic E-state index is 0. The monoisotopic (exact) mass is 242 g/mol. The van der Waals surface area contributed by atoms with Crippen molar-refractivity contribution < 1.29 is 34.4 Å². The molecular formula is C11H12Cl2N2. The van der Waals surface area contributed by atoms with Crippen LogP contribution in [-0.4, -0.2) is 0 Å². The number of aromatic amines is 1. The van der Waals surface area contributed by atoms with Gasteiger partial charge in [0.25, 0.3) is 0 Å². The standard InChI is InChI=1S/C11H11N2.2ClH/c1-13-8-5-10(6-9-13)11-4-2-3-7-12-11;;/h2-9H,1H3;2*1H/q+1;;/p-1. The van der Waals surface area contributed by atoms with Gasteiger partial charge >= 0.3 is 0 Å². The summed E-state index contributed by atoms with van der Waals surface area (Å²) < 4.78 is 2.02. The van der Waals surface area contributed by atoms with Crippen molar-refractivity contribution in [3.05, 3.63) is 48.9 Å². The molecule has 0 aliphatic carbocycles. The lowest BCUT2D eigenvalue weighted by atomic mass is 10.2. The van der Waals surface area contributed by atoms with Crippen molar-refractivity contribution in [3.8, 4) is 11.3 Å². The summed E-state index contributed by atoms with van der Waals surface area (Å²) in [5.74, 6) is 0. The summed E-state index contributed by atoms with van der Waals surface area (Å²) in [6.07, 6.45) is 6.01. The average Bonchev–Trinajstić information content (AvgIpc) is 2.20. The Morgan fingerprint density at radius 1 is 1.00 bits per heavy atom.